The van der Waals surface area contributed by atoms with E-state index in [-0.39, 0.29) is 0 Å². The summed E-state index contributed by atoms with van der Waals surface area (Å²) in [6, 6.07) is 23.6. The fraction of sp³-hybridized carbons (Fsp3) is 0.107. The van der Waals surface area contributed by atoms with Crippen LogP contribution in [0.1, 0.15) is 24.6 Å². The molecule has 4 aromatic rings. The number of hydrogen-bond acceptors (Lipinski definition) is 2. The minimum absolute atomic E-state index is 0.598. The molecule has 4 heteroatoms. The molecular formula is C28H26BN3. The van der Waals surface area contributed by atoms with Crippen molar-refractivity contribution in [3.63, 3.8) is 0 Å². The van der Waals surface area contributed by atoms with Crippen molar-refractivity contribution in [2.45, 2.75) is 13.3 Å². The van der Waals surface area contributed by atoms with E-state index in [2.05, 4.69) is 111 Å². The van der Waals surface area contributed by atoms with Gasteiger partial charge >= 0.3 is 0 Å². The van der Waals surface area contributed by atoms with Gasteiger partial charge in [0, 0.05) is 11.3 Å². The summed E-state index contributed by atoms with van der Waals surface area (Å²) < 4.78 is 2.13. The summed E-state index contributed by atoms with van der Waals surface area (Å²) in [6.45, 7) is 2.73. The molecule has 1 aliphatic heterocycles. The summed E-state index contributed by atoms with van der Waals surface area (Å²) in [6.07, 6.45) is 9.34. The van der Waals surface area contributed by atoms with Crippen LogP contribution in [0.4, 0.5) is 0 Å². The number of nitrogens with two attached hydrogens (primary N) is 1. The van der Waals surface area contributed by atoms with Crippen molar-refractivity contribution < 1.29 is 0 Å². The van der Waals surface area contributed by atoms with E-state index in [4.69, 9.17) is 10.7 Å². The van der Waals surface area contributed by atoms with E-state index in [9.17, 15) is 0 Å². The second kappa shape index (κ2) is 8.48. The Morgan fingerprint density at radius 3 is 2.47 bits per heavy atom. The first-order valence-electron chi connectivity index (χ1n) is 11.1. The predicted octanol–water partition coefficient (Wildman–Crippen LogP) is 5.36. The monoisotopic (exact) mass is 415 g/mol. The van der Waals surface area contributed by atoms with Gasteiger partial charge in [0.15, 0.2) is 0 Å². The molecule has 0 aliphatic carbocycles. The van der Waals surface area contributed by atoms with Crippen LogP contribution in [0.3, 0.4) is 0 Å². The number of rotatable bonds is 5. The highest BCUT2D eigenvalue weighted by molar-refractivity contribution is 6.14. The number of allylic oxidation sites excluding steroid dienone is 3. The van der Waals surface area contributed by atoms with E-state index < -0.39 is 0 Å². The Labute approximate surface area is 189 Å². The largest absolute Gasteiger partial charge is 0.399 e. The fourth-order valence-corrected chi connectivity index (χ4v) is 4.61. The lowest BCUT2D eigenvalue weighted by Gasteiger charge is -2.11. The van der Waals surface area contributed by atoms with E-state index in [0.717, 1.165) is 17.8 Å². The van der Waals surface area contributed by atoms with Crippen molar-refractivity contribution in [2.24, 2.45) is 10.7 Å². The quantitative estimate of drug-likeness (QED) is 0.346. The molecule has 0 saturated carbocycles. The lowest BCUT2D eigenvalue weighted by Crippen LogP contribution is -2.05. The van der Waals surface area contributed by atoms with Gasteiger partial charge in [0.1, 0.15) is 0 Å². The molecule has 32 heavy (non-hydrogen) atoms. The number of nitrogens with zero attached hydrogens (tertiary/aromatic N) is 2. The second-order valence-corrected chi connectivity index (χ2v) is 8.30. The number of aliphatic imine (C=N–C) groups is 1. The van der Waals surface area contributed by atoms with Gasteiger partial charge in [-0.2, -0.15) is 0 Å². The third-order valence-electron chi connectivity index (χ3n) is 6.15. The average Bonchev–Trinajstić information content (AvgIpc) is 3.41. The van der Waals surface area contributed by atoms with Gasteiger partial charge in [-0.15, -0.1) is 0 Å². The number of benzene rings is 3. The van der Waals surface area contributed by atoms with Gasteiger partial charge in [-0.05, 0) is 89.1 Å². The zero-order valence-corrected chi connectivity index (χ0v) is 18.5. The SMILES string of the molecule is Bn1cccc1/C(CCN)=C1N=C(/C=C/c2cc3ccccc3c3ccccc23)C=C\1C. The van der Waals surface area contributed by atoms with E-state index in [1.54, 1.807) is 0 Å². The minimum atomic E-state index is 0.598. The van der Waals surface area contributed by atoms with Crippen molar-refractivity contribution in [1.82, 2.24) is 4.48 Å². The van der Waals surface area contributed by atoms with E-state index in [1.165, 1.54) is 43.9 Å². The van der Waals surface area contributed by atoms with Crippen LogP contribution in [-0.2, 0) is 0 Å². The molecule has 0 bridgehead atoms. The predicted molar refractivity (Wildman–Crippen MR) is 141 cm³/mol. The molecule has 2 heterocycles. The molecule has 0 radical (unpaired) electrons. The normalized spacial score (nSPS) is 15.6. The molecule has 1 aromatic heterocycles. The molecule has 0 atom stereocenters. The van der Waals surface area contributed by atoms with Gasteiger partial charge < -0.3 is 10.2 Å². The van der Waals surface area contributed by atoms with Crippen LogP contribution >= 0.6 is 0 Å². The zero-order chi connectivity index (χ0) is 22.1. The lowest BCUT2D eigenvalue weighted by atomic mass is 9.97. The molecule has 0 spiro atoms. The average molecular weight is 415 g/mol. The molecule has 3 aromatic carbocycles. The highest BCUT2D eigenvalue weighted by atomic mass is 14.9. The van der Waals surface area contributed by atoms with Crippen molar-refractivity contribution in [3.05, 3.63) is 108 Å². The Bertz CT molecular complexity index is 1450. The summed E-state index contributed by atoms with van der Waals surface area (Å²) in [4.78, 5) is 4.99. The Morgan fingerprint density at radius 1 is 0.969 bits per heavy atom. The topological polar surface area (TPSA) is 43.3 Å². The molecule has 0 saturated heterocycles. The van der Waals surface area contributed by atoms with Gasteiger partial charge in [0.25, 0.3) is 0 Å². The fourth-order valence-electron chi connectivity index (χ4n) is 4.61. The van der Waals surface area contributed by atoms with Gasteiger partial charge in [-0.1, -0.05) is 54.6 Å². The number of aromatic nitrogens is 1. The van der Waals surface area contributed by atoms with Crippen LogP contribution in [0.2, 0.25) is 0 Å². The first kappa shape index (κ1) is 20.3. The van der Waals surface area contributed by atoms with Crippen LogP contribution in [0, 0.1) is 0 Å². The second-order valence-electron chi connectivity index (χ2n) is 8.30. The van der Waals surface area contributed by atoms with Gasteiger partial charge in [-0.25, -0.2) is 4.99 Å². The Balaban J connectivity index is 1.58. The van der Waals surface area contributed by atoms with Crippen LogP contribution in [0.25, 0.3) is 33.2 Å². The minimum Gasteiger partial charge on any atom is -0.399 e. The maximum absolute atomic E-state index is 5.94. The lowest BCUT2D eigenvalue weighted by molar-refractivity contribution is 0.997. The summed E-state index contributed by atoms with van der Waals surface area (Å²) in [5.41, 5.74) is 12.7. The van der Waals surface area contributed by atoms with Gasteiger partial charge in [0.2, 0.25) is 7.98 Å². The molecule has 0 fully saturated rings. The van der Waals surface area contributed by atoms with Crippen LogP contribution in [0.15, 0.2) is 101 Å². The first-order valence-corrected chi connectivity index (χ1v) is 11.1. The third-order valence-corrected chi connectivity index (χ3v) is 6.15. The van der Waals surface area contributed by atoms with Crippen molar-refractivity contribution >= 4 is 46.9 Å². The highest BCUT2D eigenvalue weighted by Crippen LogP contribution is 2.32. The highest BCUT2D eigenvalue weighted by Gasteiger charge is 2.17. The zero-order valence-electron chi connectivity index (χ0n) is 18.5. The van der Waals surface area contributed by atoms with E-state index in [1.807, 2.05) is 0 Å². The van der Waals surface area contributed by atoms with Crippen LogP contribution in [0.5, 0.6) is 0 Å². The smallest absolute Gasteiger partial charge is 0.223 e. The molecule has 3 nitrogen and oxygen atoms in total. The molecular weight excluding hydrogens is 389 g/mol. The summed E-state index contributed by atoms with van der Waals surface area (Å²) in [7, 11) is 2.07. The van der Waals surface area contributed by atoms with Crippen LogP contribution in [-0.4, -0.2) is 24.7 Å². The van der Waals surface area contributed by atoms with Crippen molar-refractivity contribution in [3.8, 4) is 0 Å². The molecule has 5 rings (SSSR count). The van der Waals surface area contributed by atoms with E-state index >= 15 is 0 Å². The van der Waals surface area contributed by atoms with Gasteiger partial charge in [-0.3, -0.25) is 0 Å². The summed E-state index contributed by atoms with van der Waals surface area (Å²) in [5, 5.41) is 5.07. The Morgan fingerprint density at radius 2 is 1.72 bits per heavy atom. The molecule has 0 unspecified atom stereocenters. The third kappa shape index (κ3) is 3.63. The maximum Gasteiger partial charge on any atom is 0.223 e. The summed E-state index contributed by atoms with van der Waals surface area (Å²) in [5.74, 6) is 0. The van der Waals surface area contributed by atoms with Gasteiger partial charge in [0.05, 0.1) is 11.4 Å². The molecule has 1 aliphatic rings. The summed E-state index contributed by atoms with van der Waals surface area (Å²) >= 11 is 0. The molecule has 0 amide bonds. The Kier molecular flexibility index (Phi) is 5.38. The molecule has 2 N–H and O–H groups in total. The van der Waals surface area contributed by atoms with Crippen molar-refractivity contribution in [1.29, 1.82) is 0 Å². The molecule has 156 valence electrons. The Hall–Kier alpha value is -3.63. The maximum atomic E-state index is 5.94. The standard InChI is InChI=1S/C28H26BN3/c1-19-17-22(31-28(19)26(14-15-30)27-11-6-16-32(27)29)13-12-21-18-20-7-2-3-8-23(20)25-10-5-4-9-24(21)25/h2-13,16-18H,14-15,29-30H2,1H3/b13-12+,28-26-. The van der Waals surface area contributed by atoms with Crippen molar-refractivity contribution in [2.75, 3.05) is 6.54 Å². The number of hydrogen-bond donors (Lipinski definition) is 1. The number of fused-ring (bicyclic) bond motifs is 3. The first-order chi connectivity index (χ1) is 15.7. The van der Waals surface area contributed by atoms with Crippen LogP contribution < -0.4 is 5.73 Å². The van der Waals surface area contributed by atoms with E-state index in [0.29, 0.717) is 6.54 Å².